The van der Waals surface area contributed by atoms with Gasteiger partial charge in [-0.3, -0.25) is 9.78 Å². The quantitative estimate of drug-likeness (QED) is 0.362. The molecule has 0 bridgehead atoms. The minimum Gasteiger partial charge on any atom is -0.475 e. The Bertz CT molecular complexity index is 1440. The minimum absolute atomic E-state index is 0.0971. The lowest BCUT2D eigenvalue weighted by Crippen LogP contribution is -2.38. The summed E-state index contributed by atoms with van der Waals surface area (Å²) in [5, 5.41) is 14.2. The number of rotatable bonds is 4. The van der Waals surface area contributed by atoms with Crippen molar-refractivity contribution < 1.29 is 50.9 Å². The number of imidazole rings is 1. The highest BCUT2D eigenvalue weighted by Crippen LogP contribution is 2.34. The molecular formula is C28H32F6N6O5. The number of carbonyl (C=O) groups excluding carboxylic acids is 1. The zero-order valence-electron chi connectivity index (χ0n) is 24.3. The van der Waals surface area contributed by atoms with E-state index in [0.717, 1.165) is 56.0 Å². The summed E-state index contributed by atoms with van der Waals surface area (Å²) in [5.74, 6) is -4.01. The van der Waals surface area contributed by atoms with Crippen molar-refractivity contribution in [2.45, 2.75) is 63.8 Å². The summed E-state index contributed by atoms with van der Waals surface area (Å²) in [5.41, 5.74) is 4.06. The van der Waals surface area contributed by atoms with Crippen molar-refractivity contribution in [1.29, 1.82) is 0 Å². The van der Waals surface area contributed by atoms with Crippen LogP contribution in [0.15, 0.2) is 36.9 Å². The van der Waals surface area contributed by atoms with Gasteiger partial charge in [0.15, 0.2) is 5.82 Å². The predicted octanol–water partition coefficient (Wildman–Crippen LogP) is 5.29. The van der Waals surface area contributed by atoms with Crippen LogP contribution in [0.1, 0.15) is 67.5 Å². The number of fused-ring (bicyclic) bond motifs is 1. The third kappa shape index (κ3) is 9.28. The number of nitrogens with zero attached hydrogens (tertiary/aromatic N) is 6. The van der Waals surface area contributed by atoms with Gasteiger partial charge >= 0.3 is 24.3 Å². The largest absolute Gasteiger partial charge is 0.490 e. The summed E-state index contributed by atoms with van der Waals surface area (Å²) in [6.45, 7) is 8.01. The Labute approximate surface area is 253 Å². The first-order valence-electron chi connectivity index (χ1n) is 13.9. The molecule has 2 aliphatic rings. The fourth-order valence-corrected chi connectivity index (χ4v) is 4.86. The number of aromatic nitrogens is 4. The van der Waals surface area contributed by atoms with E-state index in [4.69, 9.17) is 29.8 Å². The number of anilines is 1. The molecule has 2 aliphatic heterocycles. The van der Waals surface area contributed by atoms with E-state index in [0.29, 0.717) is 17.5 Å². The number of likely N-dealkylation sites (tertiary alicyclic amines) is 1. The SMILES string of the molecule is CC(C)n1cnc2c(N3CCCC3)nc(C3CCN(C(=O)c4ccncc4)CC3)cc21.O=C(O)C(F)(F)F.O=C(O)C(F)(F)F. The maximum Gasteiger partial charge on any atom is 0.490 e. The number of pyridine rings is 2. The van der Waals surface area contributed by atoms with Crippen LogP contribution in [-0.2, 0) is 9.59 Å². The third-order valence-corrected chi connectivity index (χ3v) is 7.14. The number of carboxylic acids is 2. The summed E-state index contributed by atoms with van der Waals surface area (Å²) in [7, 11) is 0. The Hall–Kier alpha value is -4.44. The summed E-state index contributed by atoms with van der Waals surface area (Å²) in [4.78, 5) is 48.8. The second kappa shape index (κ2) is 14.6. The van der Waals surface area contributed by atoms with Gasteiger partial charge in [-0.05, 0) is 57.7 Å². The van der Waals surface area contributed by atoms with Crippen molar-refractivity contribution in [3.05, 3.63) is 48.2 Å². The van der Waals surface area contributed by atoms with Gasteiger partial charge in [0.1, 0.15) is 5.52 Å². The predicted molar refractivity (Wildman–Crippen MR) is 149 cm³/mol. The maximum absolute atomic E-state index is 12.8. The van der Waals surface area contributed by atoms with Crippen molar-refractivity contribution in [1.82, 2.24) is 24.4 Å². The number of halogens is 6. The van der Waals surface area contributed by atoms with Crippen LogP contribution >= 0.6 is 0 Å². The highest BCUT2D eigenvalue weighted by Gasteiger charge is 2.39. The normalized spacial score (nSPS) is 15.8. The molecule has 0 saturated carbocycles. The molecule has 1 amide bonds. The molecule has 0 aromatic carbocycles. The topological polar surface area (TPSA) is 142 Å². The van der Waals surface area contributed by atoms with E-state index in [9.17, 15) is 31.1 Å². The minimum atomic E-state index is -5.08. The second-order valence-corrected chi connectivity index (χ2v) is 10.6. The molecule has 5 rings (SSSR count). The summed E-state index contributed by atoms with van der Waals surface area (Å²) in [6.07, 6.45) is -0.555. The molecule has 0 unspecified atom stereocenters. The number of piperidine rings is 1. The zero-order chi connectivity index (χ0) is 33.5. The molecule has 45 heavy (non-hydrogen) atoms. The molecule has 11 nitrogen and oxygen atoms in total. The van der Waals surface area contributed by atoms with Crippen LogP contribution in [0.5, 0.6) is 0 Å². The van der Waals surface area contributed by atoms with Gasteiger partial charge in [0.25, 0.3) is 5.91 Å². The second-order valence-electron chi connectivity index (χ2n) is 10.6. The number of amides is 1. The highest BCUT2D eigenvalue weighted by molar-refractivity contribution is 5.94. The van der Waals surface area contributed by atoms with Crippen LogP contribution in [0, 0.1) is 0 Å². The fourth-order valence-electron chi connectivity index (χ4n) is 4.86. The lowest BCUT2D eigenvalue weighted by molar-refractivity contribution is -0.193. The first-order chi connectivity index (χ1) is 21.0. The molecule has 5 heterocycles. The van der Waals surface area contributed by atoms with E-state index in [2.05, 4.69) is 34.4 Å². The monoisotopic (exact) mass is 646 g/mol. The first kappa shape index (κ1) is 35.0. The van der Waals surface area contributed by atoms with E-state index < -0.39 is 24.3 Å². The van der Waals surface area contributed by atoms with Gasteiger partial charge in [-0.15, -0.1) is 0 Å². The lowest BCUT2D eigenvalue weighted by Gasteiger charge is -2.32. The molecule has 246 valence electrons. The van der Waals surface area contributed by atoms with Gasteiger partial charge in [0, 0.05) is 61.8 Å². The van der Waals surface area contributed by atoms with Crippen LogP contribution < -0.4 is 4.90 Å². The molecule has 2 fully saturated rings. The molecular weight excluding hydrogens is 614 g/mol. The van der Waals surface area contributed by atoms with Crippen molar-refractivity contribution in [3.63, 3.8) is 0 Å². The van der Waals surface area contributed by atoms with Crippen LogP contribution in [0.4, 0.5) is 32.2 Å². The van der Waals surface area contributed by atoms with Gasteiger partial charge in [-0.2, -0.15) is 26.3 Å². The Morgan fingerprint density at radius 2 is 1.40 bits per heavy atom. The van der Waals surface area contributed by atoms with E-state index >= 15 is 0 Å². The number of hydrogen-bond acceptors (Lipinski definition) is 7. The van der Waals surface area contributed by atoms with Crippen molar-refractivity contribution in [2.75, 3.05) is 31.1 Å². The maximum atomic E-state index is 12.8. The Balaban J connectivity index is 0.000000331. The Morgan fingerprint density at radius 1 is 0.889 bits per heavy atom. The van der Waals surface area contributed by atoms with Crippen LogP contribution in [-0.4, -0.2) is 91.0 Å². The number of hydrogen-bond donors (Lipinski definition) is 2. The van der Waals surface area contributed by atoms with E-state index in [-0.39, 0.29) is 5.91 Å². The molecule has 0 atom stereocenters. The van der Waals surface area contributed by atoms with Crippen molar-refractivity contribution in [2.24, 2.45) is 0 Å². The first-order valence-corrected chi connectivity index (χ1v) is 13.9. The zero-order valence-corrected chi connectivity index (χ0v) is 24.3. The third-order valence-electron chi connectivity index (χ3n) is 7.14. The molecule has 0 radical (unpaired) electrons. The molecule has 3 aromatic heterocycles. The lowest BCUT2D eigenvalue weighted by atomic mass is 9.92. The van der Waals surface area contributed by atoms with E-state index in [1.165, 1.54) is 18.4 Å². The van der Waals surface area contributed by atoms with Crippen molar-refractivity contribution >= 4 is 34.7 Å². The van der Waals surface area contributed by atoms with Crippen LogP contribution in [0.25, 0.3) is 11.0 Å². The Kier molecular flexibility index (Phi) is 11.3. The fraction of sp³-hybridized carbons (Fsp3) is 0.500. The van der Waals surface area contributed by atoms with Gasteiger partial charge < -0.3 is 24.6 Å². The molecule has 2 saturated heterocycles. The molecule has 2 N–H and O–H groups in total. The average molecular weight is 647 g/mol. The number of carboxylic acid groups (broad SMARTS) is 2. The van der Waals surface area contributed by atoms with Gasteiger partial charge in [0.2, 0.25) is 0 Å². The summed E-state index contributed by atoms with van der Waals surface area (Å²) >= 11 is 0. The average Bonchev–Trinajstić information content (AvgIpc) is 3.67. The summed E-state index contributed by atoms with van der Waals surface area (Å²) < 4.78 is 65.7. The van der Waals surface area contributed by atoms with Crippen molar-refractivity contribution in [3.8, 4) is 0 Å². The van der Waals surface area contributed by atoms with Crippen LogP contribution in [0.2, 0.25) is 0 Å². The van der Waals surface area contributed by atoms with E-state index in [1.807, 2.05) is 11.2 Å². The van der Waals surface area contributed by atoms with E-state index in [1.54, 1.807) is 24.5 Å². The van der Waals surface area contributed by atoms with Gasteiger partial charge in [-0.1, -0.05) is 0 Å². The van der Waals surface area contributed by atoms with Gasteiger partial charge in [-0.25, -0.2) is 19.6 Å². The Morgan fingerprint density at radius 3 is 1.87 bits per heavy atom. The summed E-state index contributed by atoms with van der Waals surface area (Å²) in [6, 6.07) is 6.18. The number of carbonyl (C=O) groups is 3. The molecule has 17 heteroatoms. The highest BCUT2D eigenvalue weighted by atomic mass is 19.4. The smallest absolute Gasteiger partial charge is 0.475 e. The molecule has 0 aliphatic carbocycles. The molecule has 3 aromatic rings. The standard InChI is InChI=1S/C24H30N6O.2C2HF3O2/c1-17(2)30-16-26-22-21(30)15-20(27-23(22)28-11-3-4-12-28)18-7-13-29(14-8-18)24(31)19-5-9-25-10-6-19;2*3-2(4,5)1(6)7/h5-6,9-10,15-18H,3-4,7-8,11-14H2,1-2H3;2*(H,6,7). The number of aliphatic carboxylic acids is 2. The molecule has 0 spiro atoms. The van der Waals surface area contributed by atoms with Gasteiger partial charge in [0.05, 0.1) is 11.8 Å². The number of alkyl halides is 6. The van der Waals surface area contributed by atoms with Crippen LogP contribution in [0.3, 0.4) is 0 Å².